The molecule has 0 fully saturated rings. The van der Waals surface area contributed by atoms with E-state index < -0.39 is 0 Å². The molecule has 0 saturated heterocycles. The van der Waals surface area contributed by atoms with Gasteiger partial charge < -0.3 is 10.4 Å². The van der Waals surface area contributed by atoms with E-state index in [-0.39, 0.29) is 12.5 Å². The van der Waals surface area contributed by atoms with Crippen molar-refractivity contribution in [3.8, 4) is 11.8 Å². The molecule has 5 heteroatoms. The van der Waals surface area contributed by atoms with Crippen molar-refractivity contribution in [2.75, 3.05) is 11.9 Å². The summed E-state index contributed by atoms with van der Waals surface area (Å²) in [6, 6.07) is 3.46. The van der Waals surface area contributed by atoms with Crippen LogP contribution in [-0.2, 0) is 0 Å². The fraction of sp³-hybridized carbons (Fsp3) is 0.143. The lowest BCUT2D eigenvalue weighted by Crippen LogP contribution is -2.11. The van der Waals surface area contributed by atoms with Gasteiger partial charge in [-0.25, -0.2) is 0 Å². The van der Waals surface area contributed by atoms with Gasteiger partial charge in [-0.3, -0.25) is 9.78 Å². The van der Waals surface area contributed by atoms with E-state index in [1.54, 1.807) is 29.9 Å². The summed E-state index contributed by atoms with van der Waals surface area (Å²) in [6.07, 6.45) is 3.33. The van der Waals surface area contributed by atoms with Gasteiger partial charge in [0.1, 0.15) is 6.61 Å². The molecule has 0 aromatic carbocycles. The Labute approximate surface area is 115 Å². The molecule has 96 valence electrons. The predicted molar refractivity (Wildman–Crippen MR) is 75.2 cm³/mol. The lowest BCUT2D eigenvalue weighted by molar-refractivity contribution is 0.102. The molecule has 2 rings (SSSR count). The highest BCUT2D eigenvalue weighted by Crippen LogP contribution is 2.17. The van der Waals surface area contributed by atoms with Gasteiger partial charge in [0.25, 0.3) is 5.91 Å². The zero-order chi connectivity index (χ0) is 13.7. The van der Waals surface area contributed by atoms with Gasteiger partial charge in [0.05, 0.1) is 10.4 Å². The first-order valence-corrected chi connectivity index (χ1v) is 6.49. The van der Waals surface area contributed by atoms with Crippen molar-refractivity contribution >= 4 is 22.9 Å². The number of rotatable bonds is 2. The number of aliphatic hydroxyl groups is 1. The van der Waals surface area contributed by atoms with Gasteiger partial charge in [-0.05, 0) is 24.6 Å². The molecule has 2 aromatic heterocycles. The zero-order valence-corrected chi connectivity index (χ0v) is 11.1. The van der Waals surface area contributed by atoms with Crippen LogP contribution in [0.3, 0.4) is 0 Å². The quantitative estimate of drug-likeness (QED) is 0.822. The van der Waals surface area contributed by atoms with E-state index in [1.165, 1.54) is 11.3 Å². The number of thiophene rings is 1. The molecular formula is C14H12N2O2S. The van der Waals surface area contributed by atoms with Crippen molar-refractivity contribution in [3.05, 3.63) is 45.9 Å². The van der Waals surface area contributed by atoms with Crippen LogP contribution in [0.1, 0.15) is 20.8 Å². The number of hydrogen-bond acceptors (Lipinski definition) is 4. The molecule has 19 heavy (non-hydrogen) atoms. The third-order valence-electron chi connectivity index (χ3n) is 2.42. The summed E-state index contributed by atoms with van der Waals surface area (Å²) >= 11 is 1.37. The molecule has 0 atom stereocenters. The summed E-state index contributed by atoms with van der Waals surface area (Å²) in [6.45, 7) is 1.70. The molecule has 2 aromatic rings. The van der Waals surface area contributed by atoms with Crippen molar-refractivity contribution in [1.29, 1.82) is 0 Å². The molecule has 0 radical (unpaired) electrons. The number of anilines is 1. The minimum absolute atomic E-state index is 0.178. The van der Waals surface area contributed by atoms with Crippen LogP contribution in [0.25, 0.3) is 0 Å². The van der Waals surface area contributed by atoms with Crippen molar-refractivity contribution in [1.82, 2.24) is 4.98 Å². The van der Waals surface area contributed by atoms with E-state index in [2.05, 4.69) is 22.1 Å². The summed E-state index contributed by atoms with van der Waals surface area (Å²) in [7, 11) is 0. The van der Waals surface area contributed by atoms with E-state index in [4.69, 9.17) is 5.11 Å². The second-order valence-electron chi connectivity index (χ2n) is 3.80. The number of aliphatic hydroxyl groups excluding tert-OH is 1. The van der Waals surface area contributed by atoms with Gasteiger partial charge in [0.2, 0.25) is 0 Å². The van der Waals surface area contributed by atoms with Gasteiger partial charge in [-0.1, -0.05) is 11.8 Å². The SMILES string of the molecule is Cc1cnccc1NC(=O)c1csc(C#CCO)c1. The first-order chi connectivity index (χ1) is 9.20. The van der Waals surface area contributed by atoms with Gasteiger partial charge >= 0.3 is 0 Å². The van der Waals surface area contributed by atoms with Crippen LogP contribution in [0.4, 0.5) is 5.69 Å². The minimum Gasteiger partial charge on any atom is -0.384 e. The van der Waals surface area contributed by atoms with E-state index in [0.717, 1.165) is 16.1 Å². The molecular weight excluding hydrogens is 260 g/mol. The van der Waals surface area contributed by atoms with Crippen LogP contribution in [0, 0.1) is 18.8 Å². The largest absolute Gasteiger partial charge is 0.384 e. The number of carbonyl (C=O) groups is 1. The van der Waals surface area contributed by atoms with Crippen molar-refractivity contribution in [2.24, 2.45) is 0 Å². The molecule has 0 spiro atoms. The highest BCUT2D eigenvalue weighted by Gasteiger charge is 2.09. The molecule has 0 aliphatic heterocycles. The molecule has 0 aliphatic carbocycles. The number of hydrogen-bond donors (Lipinski definition) is 2. The number of aromatic nitrogens is 1. The summed E-state index contributed by atoms with van der Waals surface area (Å²) in [5, 5.41) is 13.2. The van der Waals surface area contributed by atoms with E-state index in [0.29, 0.717) is 5.56 Å². The van der Waals surface area contributed by atoms with Gasteiger partial charge in [0.15, 0.2) is 0 Å². The van der Waals surface area contributed by atoms with Crippen LogP contribution < -0.4 is 5.32 Å². The minimum atomic E-state index is -0.185. The van der Waals surface area contributed by atoms with Crippen LogP contribution in [0.2, 0.25) is 0 Å². The lowest BCUT2D eigenvalue weighted by Gasteiger charge is -2.05. The third kappa shape index (κ3) is 3.41. The summed E-state index contributed by atoms with van der Waals surface area (Å²) in [5.74, 6) is 5.15. The number of pyridine rings is 1. The highest BCUT2D eigenvalue weighted by atomic mass is 32.1. The molecule has 4 nitrogen and oxygen atoms in total. The second-order valence-corrected chi connectivity index (χ2v) is 4.72. The Hall–Kier alpha value is -2.16. The molecule has 0 saturated carbocycles. The Morgan fingerprint density at radius 1 is 1.58 bits per heavy atom. The standard InChI is InChI=1S/C14H12N2O2S/c1-10-8-15-5-4-13(10)16-14(18)11-7-12(19-9-11)3-2-6-17/h4-5,7-9,17H,6H2,1H3,(H,15,16,18). The Kier molecular flexibility index (Phi) is 4.29. The Bertz CT molecular complexity index is 653. The normalized spacial score (nSPS) is 9.58. The fourth-order valence-corrected chi connectivity index (χ4v) is 2.21. The molecule has 0 bridgehead atoms. The van der Waals surface area contributed by atoms with Crippen LogP contribution in [0.15, 0.2) is 29.9 Å². The van der Waals surface area contributed by atoms with Crippen LogP contribution in [-0.4, -0.2) is 22.6 Å². The summed E-state index contributed by atoms with van der Waals surface area (Å²) in [4.78, 5) is 16.8. The van der Waals surface area contributed by atoms with E-state index in [9.17, 15) is 4.79 Å². The predicted octanol–water partition coefficient (Wildman–Crippen LogP) is 2.05. The second kappa shape index (κ2) is 6.14. The van der Waals surface area contributed by atoms with Gasteiger partial charge in [-0.2, -0.15) is 0 Å². The van der Waals surface area contributed by atoms with Crippen LogP contribution in [0.5, 0.6) is 0 Å². The lowest BCUT2D eigenvalue weighted by atomic mass is 10.2. The van der Waals surface area contributed by atoms with Crippen molar-refractivity contribution in [3.63, 3.8) is 0 Å². The maximum Gasteiger partial charge on any atom is 0.256 e. The smallest absolute Gasteiger partial charge is 0.256 e. The number of amides is 1. The Morgan fingerprint density at radius 2 is 2.42 bits per heavy atom. The Morgan fingerprint density at radius 3 is 3.16 bits per heavy atom. The summed E-state index contributed by atoms with van der Waals surface area (Å²) < 4.78 is 0. The maximum atomic E-state index is 12.0. The van der Waals surface area contributed by atoms with Gasteiger partial charge in [-0.15, -0.1) is 11.3 Å². The molecule has 0 aliphatic rings. The maximum absolute atomic E-state index is 12.0. The number of nitrogens with one attached hydrogen (secondary N) is 1. The first kappa shape index (κ1) is 13.3. The Balaban J connectivity index is 2.12. The molecule has 2 heterocycles. The number of carbonyl (C=O) groups excluding carboxylic acids is 1. The van der Waals surface area contributed by atoms with Crippen molar-refractivity contribution in [2.45, 2.75) is 6.92 Å². The zero-order valence-electron chi connectivity index (χ0n) is 10.3. The van der Waals surface area contributed by atoms with Crippen molar-refractivity contribution < 1.29 is 9.90 Å². The number of aryl methyl sites for hydroxylation is 1. The number of nitrogens with zero attached hydrogens (tertiary/aromatic N) is 1. The topological polar surface area (TPSA) is 62.2 Å². The fourth-order valence-electron chi connectivity index (χ4n) is 1.46. The van der Waals surface area contributed by atoms with Gasteiger partial charge in [0, 0.05) is 23.5 Å². The first-order valence-electron chi connectivity index (χ1n) is 5.61. The molecule has 0 unspecified atom stereocenters. The van der Waals surface area contributed by atoms with Crippen LogP contribution >= 0.6 is 11.3 Å². The monoisotopic (exact) mass is 272 g/mol. The average Bonchev–Trinajstić information content (AvgIpc) is 2.88. The molecule has 2 N–H and O–H groups in total. The summed E-state index contributed by atoms with van der Waals surface area (Å²) in [5.41, 5.74) is 2.21. The van der Waals surface area contributed by atoms with E-state index >= 15 is 0 Å². The third-order valence-corrected chi connectivity index (χ3v) is 3.27. The average molecular weight is 272 g/mol. The highest BCUT2D eigenvalue weighted by molar-refractivity contribution is 7.10. The molecule has 1 amide bonds. The van der Waals surface area contributed by atoms with E-state index in [1.807, 2.05) is 6.92 Å².